The number of nitrogens with one attached hydrogen (secondary N) is 1. The molecule has 1 aliphatic rings. The van der Waals surface area contributed by atoms with E-state index in [1.54, 1.807) is 12.3 Å². The molecular formula is C21H21N3O3. The van der Waals surface area contributed by atoms with E-state index in [0.717, 1.165) is 48.7 Å². The number of carbonyl (C=O) groups excluding carboxylic acids is 1. The van der Waals surface area contributed by atoms with Gasteiger partial charge in [0, 0.05) is 37.3 Å². The minimum atomic E-state index is -0.173. The Hall–Kier alpha value is -3.12. The van der Waals surface area contributed by atoms with E-state index in [2.05, 4.69) is 15.2 Å². The number of hydrogen-bond donors (Lipinski definition) is 1. The van der Waals surface area contributed by atoms with Crippen LogP contribution in [-0.2, 0) is 16.1 Å². The number of fused-ring (bicyclic) bond motifs is 1. The van der Waals surface area contributed by atoms with Gasteiger partial charge in [0.1, 0.15) is 17.2 Å². The Balaban J connectivity index is 1.30. The fraction of sp³-hybridized carbons (Fsp3) is 0.238. The Kier molecular flexibility index (Phi) is 5.16. The van der Waals surface area contributed by atoms with Crippen LogP contribution in [0.25, 0.3) is 17.0 Å². The highest BCUT2D eigenvalue weighted by atomic mass is 16.5. The molecule has 27 heavy (non-hydrogen) atoms. The standard InChI is InChI=1S/C21H21N3O3/c25-21(8-6-18-13-17-3-1-2-4-19(17)27-18)23-15-16-5-7-20(22-14-16)24-9-11-26-12-10-24/h1-8,13-14H,9-12,15H2,(H,23,25). The molecule has 1 N–H and O–H groups in total. The molecule has 0 spiro atoms. The number of carbonyl (C=O) groups is 1. The fourth-order valence-electron chi connectivity index (χ4n) is 2.99. The van der Waals surface area contributed by atoms with Gasteiger partial charge in [0.05, 0.1) is 13.2 Å². The predicted molar refractivity (Wildman–Crippen MR) is 104 cm³/mol. The van der Waals surface area contributed by atoms with E-state index in [0.29, 0.717) is 12.3 Å². The maximum absolute atomic E-state index is 12.0. The van der Waals surface area contributed by atoms with E-state index in [-0.39, 0.29) is 5.91 Å². The van der Waals surface area contributed by atoms with Crippen molar-refractivity contribution >= 4 is 28.8 Å². The molecule has 1 aromatic carbocycles. The minimum Gasteiger partial charge on any atom is -0.457 e. The van der Waals surface area contributed by atoms with E-state index in [9.17, 15) is 4.79 Å². The Labute approximate surface area is 157 Å². The average Bonchev–Trinajstić information content (AvgIpc) is 3.15. The van der Waals surface area contributed by atoms with Gasteiger partial charge < -0.3 is 19.4 Å². The van der Waals surface area contributed by atoms with Crippen LogP contribution in [0, 0.1) is 0 Å². The van der Waals surface area contributed by atoms with Crippen molar-refractivity contribution in [2.24, 2.45) is 0 Å². The van der Waals surface area contributed by atoms with Crippen LogP contribution in [0.1, 0.15) is 11.3 Å². The first kappa shape index (κ1) is 17.3. The minimum absolute atomic E-state index is 0.173. The van der Waals surface area contributed by atoms with Crippen molar-refractivity contribution in [2.45, 2.75) is 6.54 Å². The third-order valence-electron chi connectivity index (χ3n) is 4.45. The molecule has 0 unspecified atom stereocenters. The number of benzene rings is 1. The summed E-state index contributed by atoms with van der Waals surface area (Å²) in [5.41, 5.74) is 1.77. The van der Waals surface area contributed by atoms with Crippen LogP contribution >= 0.6 is 0 Å². The zero-order valence-electron chi connectivity index (χ0n) is 14.9. The molecule has 0 bridgehead atoms. The molecule has 0 aliphatic carbocycles. The average molecular weight is 363 g/mol. The van der Waals surface area contributed by atoms with Crippen molar-refractivity contribution in [1.82, 2.24) is 10.3 Å². The molecule has 1 fully saturated rings. The molecule has 0 radical (unpaired) electrons. The van der Waals surface area contributed by atoms with E-state index >= 15 is 0 Å². The largest absolute Gasteiger partial charge is 0.457 e. The molecule has 138 valence electrons. The first-order valence-electron chi connectivity index (χ1n) is 9.00. The number of hydrogen-bond acceptors (Lipinski definition) is 5. The molecule has 2 aromatic heterocycles. The number of morpholine rings is 1. The first-order valence-corrected chi connectivity index (χ1v) is 9.00. The predicted octanol–water partition coefficient (Wildman–Crippen LogP) is 2.99. The maximum atomic E-state index is 12.0. The Morgan fingerprint density at radius 3 is 2.81 bits per heavy atom. The summed E-state index contributed by atoms with van der Waals surface area (Å²) in [5, 5.41) is 3.88. The summed E-state index contributed by atoms with van der Waals surface area (Å²) in [6, 6.07) is 13.6. The Morgan fingerprint density at radius 2 is 2.04 bits per heavy atom. The van der Waals surface area contributed by atoms with Crippen LogP contribution in [0.15, 0.2) is 59.2 Å². The zero-order chi connectivity index (χ0) is 18.5. The van der Waals surface area contributed by atoms with Gasteiger partial charge in [-0.25, -0.2) is 4.98 Å². The summed E-state index contributed by atoms with van der Waals surface area (Å²) < 4.78 is 11.0. The number of para-hydroxylation sites is 1. The smallest absolute Gasteiger partial charge is 0.244 e. The normalized spacial score (nSPS) is 14.7. The van der Waals surface area contributed by atoms with Crippen LogP contribution < -0.4 is 10.2 Å². The quantitative estimate of drug-likeness (QED) is 0.706. The molecule has 0 saturated carbocycles. The highest BCUT2D eigenvalue weighted by molar-refractivity contribution is 5.92. The van der Waals surface area contributed by atoms with Crippen molar-refractivity contribution in [3.8, 4) is 0 Å². The summed E-state index contributed by atoms with van der Waals surface area (Å²) in [6.45, 7) is 3.61. The molecule has 6 heteroatoms. The summed E-state index contributed by atoms with van der Waals surface area (Å²) in [5.74, 6) is 1.42. The number of anilines is 1. The van der Waals surface area contributed by atoms with Crippen molar-refractivity contribution in [2.75, 3.05) is 31.2 Å². The molecule has 4 rings (SSSR count). The van der Waals surface area contributed by atoms with Gasteiger partial charge >= 0.3 is 0 Å². The maximum Gasteiger partial charge on any atom is 0.244 e. The number of furan rings is 1. The highest BCUT2D eigenvalue weighted by Crippen LogP contribution is 2.19. The highest BCUT2D eigenvalue weighted by Gasteiger charge is 2.11. The van der Waals surface area contributed by atoms with Gasteiger partial charge in [-0.15, -0.1) is 0 Å². The molecular weight excluding hydrogens is 342 g/mol. The monoisotopic (exact) mass is 363 g/mol. The molecule has 6 nitrogen and oxygen atoms in total. The molecule has 0 atom stereocenters. The van der Waals surface area contributed by atoms with Crippen LogP contribution in [0.5, 0.6) is 0 Å². The Bertz CT molecular complexity index is 908. The summed E-state index contributed by atoms with van der Waals surface area (Å²) in [7, 11) is 0. The SMILES string of the molecule is O=C(C=Cc1cc2ccccc2o1)NCc1ccc(N2CCOCC2)nc1. The van der Waals surface area contributed by atoms with Crippen LogP contribution in [0.2, 0.25) is 0 Å². The van der Waals surface area contributed by atoms with Gasteiger partial charge in [-0.05, 0) is 29.8 Å². The van der Waals surface area contributed by atoms with Gasteiger partial charge in [-0.1, -0.05) is 24.3 Å². The lowest BCUT2D eigenvalue weighted by atomic mass is 10.2. The van der Waals surface area contributed by atoms with Crippen LogP contribution in [-0.4, -0.2) is 37.2 Å². The second kappa shape index (κ2) is 8.05. The van der Waals surface area contributed by atoms with Gasteiger partial charge in [-0.3, -0.25) is 4.79 Å². The van der Waals surface area contributed by atoms with E-state index in [1.807, 2.05) is 42.5 Å². The second-order valence-electron chi connectivity index (χ2n) is 6.36. The van der Waals surface area contributed by atoms with E-state index in [1.165, 1.54) is 6.08 Å². The van der Waals surface area contributed by atoms with Crippen molar-refractivity contribution in [3.63, 3.8) is 0 Å². The topological polar surface area (TPSA) is 67.6 Å². The number of ether oxygens (including phenoxy) is 1. The lowest BCUT2D eigenvalue weighted by molar-refractivity contribution is -0.116. The Morgan fingerprint density at radius 1 is 1.19 bits per heavy atom. The number of amides is 1. The zero-order valence-corrected chi connectivity index (χ0v) is 14.9. The lowest BCUT2D eigenvalue weighted by Crippen LogP contribution is -2.36. The first-order chi connectivity index (χ1) is 13.3. The van der Waals surface area contributed by atoms with Crippen molar-refractivity contribution < 1.29 is 13.9 Å². The van der Waals surface area contributed by atoms with E-state index in [4.69, 9.17) is 9.15 Å². The van der Waals surface area contributed by atoms with Gasteiger partial charge in [0.2, 0.25) is 5.91 Å². The lowest BCUT2D eigenvalue weighted by Gasteiger charge is -2.27. The molecule has 1 saturated heterocycles. The summed E-state index contributed by atoms with van der Waals surface area (Å²) in [4.78, 5) is 18.7. The van der Waals surface area contributed by atoms with Gasteiger partial charge in [0.15, 0.2) is 0 Å². The number of aromatic nitrogens is 1. The van der Waals surface area contributed by atoms with Gasteiger partial charge in [-0.2, -0.15) is 0 Å². The number of nitrogens with zero attached hydrogens (tertiary/aromatic N) is 2. The van der Waals surface area contributed by atoms with Gasteiger partial charge in [0.25, 0.3) is 0 Å². The number of pyridine rings is 1. The molecule has 3 heterocycles. The second-order valence-corrected chi connectivity index (χ2v) is 6.36. The van der Waals surface area contributed by atoms with Crippen molar-refractivity contribution in [3.05, 3.63) is 66.1 Å². The fourth-order valence-corrected chi connectivity index (χ4v) is 2.99. The molecule has 1 amide bonds. The summed E-state index contributed by atoms with van der Waals surface area (Å²) >= 11 is 0. The van der Waals surface area contributed by atoms with E-state index < -0.39 is 0 Å². The van der Waals surface area contributed by atoms with Crippen LogP contribution in [0.4, 0.5) is 5.82 Å². The molecule has 1 aliphatic heterocycles. The summed E-state index contributed by atoms with van der Waals surface area (Å²) in [6.07, 6.45) is 4.95. The third kappa shape index (κ3) is 4.35. The third-order valence-corrected chi connectivity index (χ3v) is 4.45. The van der Waals surface area contributed by atoms with Crippen LogP contribution in [0.3, 0.4) is 0 Å². The van der Waals surface area contributed by atoms with Crippen molar-refractivity contribution in [1.29, 1.82) is 0 Å². The number of rotatable bonds is 5. The molecule has 3 aromatic rings.